The molecule has 2 nitrogen and oxygen atoms in total. The molecule has 0 heterocycles. The summed E-state index contributed by atoms with van der Waals surface area (Å²) in [5.74, 6) is 1.06. The molecule has 0 unspecified atom stereocenters. The Labute approximate surface area is 109 Å². The molecule has 3 rings (SSSR count). The van der Waals surface area contributed by atoms with Gasteiger partial charge >= 0.3 is 12.1 Å². The molecule has 0 aliphatic heterocycles. The van der Waals surface area contributed by atoms with E-state index in [1.807, 2.05) is 0 Å². The zero-order valence-corrected chi connectivity index (χ0v) is 10.3. The average Bonchev–Trinajstić information content (AvgIpc) is 2.33. The van der Waals surface area contributed by atoms with Gasteiger partial charge in [0, 0.05) is 0 Å². The Balaban J connectivity index is 0.000000180. The van der Waals surface area contributed by atoms with Gasteiger partial charge in [0.2, 0.25) is 0 Å². The van der Waals surface area contributed by atoms with Crippen molar-refractivity contribution in [2.24, 2.45) is 11.8 Å². The number of alkyl halides is 3. The molecule has 0 bridgehead atoms. The van der Waals surface area contributed by atoms with Crippen LogP contribution in [-0.4, -0.2) is 11.1 Å². The SMILES string of the molecule is C1CC2CCC12.O=C(O)c1cccc(C(F)(F)F)c1. The molecule has 0 atom stereocenters. The summed E-state index contributed by atoms with van der Waals surface area (Å²) in [6, 6.07) is 3.60. The fourth-order valence-electron chi connectivity index (χ4n) is 2.39. The number of hydrogen-bond donors (Lipinski definition) is 1. The fraction of sp³-hybridized carbons (Fsp3) is 0.500. The summed E-state index contributed by atoms with van der Waals surface area (Å²) in [5, 5.41) is 8.41. The van der Waals surface area contributed by atoms with Gasteiger partial charge in [0.25, 0.3) is 0 Å². The molecule has 1 aromatic carbocycles. The molecular weight excluding hydrogens is 257 g/mol. The van der Waals surface area contributed by atoms with Gasteiger partial charge in [-0.2, -0.15) is 13.2 Å². The van der Waals surface area contributed by atoms with Crippen LogP contribution < -0.4 is 0 Å². The highest BCUT2D eigenvalue weighted by molar-refractivity contribution is 5.87. The van der Waals surface area contributed by atoms with Crippen molar-refractivity contribution >= 4 is 5.97 Å². The van der Waals surface area contributed by atoms with Crippen molar-refractivity contribution in [1.82, 2.24) is 0 Å². The zero-order chi connectivity index (χ0) is 14.0. The zero-order valence-electron chi connectivity index (χ0n) is 10.3. The molecular formula is C14H15F3O2. The molecule has 0 spiro atoms. The lowest BCUT2D eigenvalue weighted by Gasteiger charge is -2.46. The van der Waals surface area contributed by atoms with E-state index in [2.05, 4.69) is 0 Å². The van der Waals surface area contributed by atoms with Crippen LogP contribution in [0.25, 0.3) is 0 Å². The van der Waals surface area contributed by atoms with Crippen LogP contribution in [0.4, 0.5) is 13.2 Å². The predicted molar refractivity (Wildman–Crippen MR) is 63.9 cm³/mol. The van der Waals surface area contributed by atoms with Crippen LogP contribution in [0.15, 0.2) is 24.3 Å². The quantitative estimate of drug-likeness (QED) is 0.831. The molecule has 5 heteroatoms. The third kappa shape index (κ3) is 3.28. The Morgan fingerprint density at radius 2 is 1.63 bits per heavy atom. The molecule has 0 amide bonds. The second-order valence-corrected chi connectivity index (χ2v) is 5.06. The number of aromatic carboxylic acids is 1. The predicted octanol–water partition coefficient (Wildman–Crippen LogP) is 4.21. The first kappa shape index (κ1) is 13.9. The van der Waals surface area contributed by atoms with Gasteiger partial charge in [-0.1, -0.05) is 6.07 Å². The minimum atomic E-state index is -4.49. The van der Waals surface area contributed by atoms with Gasteiger partial charge < -0.3 is 5.11 Å². The molecule has 2 aliphatic carbocycles. The van der Waals surface area contributed by atoms with Crippen LogP contribution >= 0.6 is 0 Å². The second-order valence-electron chi connectivity index (χ2n) is 5.06. The van der Waals surface area contributed by atoms with Crippen molar-refractivity contribution in [3.63, 3.8) is 0 Å². The van der Waals surface area contributed by atoms with Gasteiger partial charge in [0.05, 0.1) is 11.1 Å². The van der Waals surface area contributed by atoms with Gasteiger partial charge in [0.1, 0.15) is 0 Å². The molecule has 2 saturated carbocycles. The number of fused-ring (bicyclic) bond motifs is 1. The molecule has 0 aromatic heterocycles. The van der Waals surface area contributed by atoms with E-state index in [1.54, 1.807) is 25.7 Å². The van der Waals surface area contributed by atoms with Crippen LogP contribution in [0.2, 0.25) is 0 Å². The monoisotopic (exact) mass is 272 g/mol. The molecule has 1 N–H and O–H groups in total. The van der Waals surface area contributed by atoms with Crippen LogP contribution in [-0.2, 0) is 6.18 Å². The smallest absolute Gasteiger partial charge is 0.416 e. The number of carboxylic acids is 1. The summed E-state index contributed by atoms with van der Waals surface area (Å²) in [6.07, 6.45) is 1.75. The highest BCUT2D eigenvalue weighted by Gasteiger charge is 2.37. The van der Waals surface area contributed by atoms with E-state index < -0.39 is 17.7 Å². The van der Waals surface area contributed by atoms with Crippen LogP contribution in [0.3, 0.4) is 0 Å². The van der Waals surface area contributed by atoms with Gasteiger partial charge in [-0.15, -0.1) is 0 Å². The maximum atomic E-state index is 12.0. The lowest BCUT2D eigenvalue weighted by Crippen LogP contribution is -2.34. The summed E-state index contributed by atoms with van der Waals surface area (Å²) >= 11 is 0. The third-order valence-electron chi connectivity index (χ3n) is 3.92. The lowest BCUT2D eigenvalue weighted by molar-refractivity contribution is -0.137. The van der Waals surface area contributed by atoms with E-state index in [1.165, 1.54) is 11.8 Å². The molecule has 0 radical (unpaired) electrons. The maximum Gasteiger partial charge on any atom is 0.416 e. The van der Waals surface area contributed by atoms with Crippen molar-refractivity contribution in [2.45, 2.75) is 31.9 Å². The first-order valence-electron chi connectivity index (χ1n) is 6.28. The molecule has 104 valence electrons. The summed E-state index contributed by atoms with van der Waals surface area (Å²) < 4.78 is 36.1. The van der Waals surface area contributed by atoms with Crippen LogP contribution in [0.1, 0.15) is 41.6 Å². The second kappa shape index (κ2) is 5.23. The van der Waals surface area contributed by atoms with Gasteiger partial charge in [-0.25, -0.2) is 4.79 Å². The standard InChI is InChI=1S/C8H5F3O2.C6H10/c9-8(10,11)6-3-1-2-5(4-6)7(12)13;1-2-6-4-3-5(1)6/h1-4H,(H,12,13);5-6H,1-4H2. The number of carbonyl (C=O) groups is 1. The highest BCUT2D eigenvalue weighted by Crippen LogP contribution is 2.49. The van der Waals surface area contributed by atoms with Crippen LogP contribution in [0.5, 0.6) is 0 Å². The number of benzene rings is 1. The Kier molecular flexibility index (Phi) is 3.83. The third-order valence-corrected chi connectivity index (χ3v) is 3.92. The first-order valence-corrected chi connectivity index (χ1v) is 6.28. The van der Waals surface area contributed by atoms with Gasteiger partial charge in [-0.3, -0.25) is 0 Å². The maximum absolute atomic E-state index is 12.0. The summed E-state index contributed by atoms with van der Waals surface area (Å²) in [5.41, 5.74) is -1.32. The first-order chi connectivity index (χ1) is 8.88. The number of carboxylic acid groups (broad SMARTS) is 1. The van der Waals surface area contributed by atoms with Crippen molar-refractivity contribution < 1.29 is 23.1 Å². The summed E-state index contributed by atoms with van der Waals surface area (Å²) in [6.45, 7) is 0. The molecule has 2 aliphatic rings. The minimum Gasteiger partial charge on any atom is -0.478 e. The van der Waals surface area contributed by atoms with Crippen molar-refractivity contribution in [3.8, 4) is 0 Å². The van der Waals surface area contributed by atoms with Crippen molar-refractivity contribution in [3.05, 3.63) is 35.4 Å². The van der Waals surface area contributed by atoms with E-state index >= 15 is 0 Å². The Morgan fingerprint density at radius 3 is 1.95 bits per heavy atom. The Morgan fingerprint density at radius 1 is 1.11 bits per heavy atom. The summed E-state index contributed by atoms with van der Waals surface area (Å²) in [7, 11) is 0. The summed E-state index contributed by atoms with van der Waals surface area (Å²) in [4.78, 5) is 10.3. The van der Waals surface area contributed by atoms with E-state index in [0.717, 1.165) is 18.2 Å². The average molecular weight is 272 g/mol. The number of halogens is 3. The molecule has 1 aromatic rings. The molecule has 0 saturated heterocycles. The van der Waals surface area contributed by atoms with E-state index in [4.69, 9.17) is 5.11 Å². The normalized spacial score (nSPS) is 24.2. The highest BCUT2D eigenvalue weighted by atomic mass is 19.4. The molecule has 19 heavy (non-hydrogen) atoms. The number of hydrogen-bond acceptors (Lipinski definition) is 1. The van der Waals surface area contributed by atoms with E-state index in [9.17, 15) is 18.0 Å². The minimum absolute atomic E-state index is 0.366. The van der Waals surface area contributed by atoms with E-state index in [-0.39, 0.29) is 5.56 Å². The van der Waals surface area contributed by atoms with Gasteiger partial charge in [-0.05, 0) is 55.7 Å². The fourth-order valence-corrected chi connectivity index (χ4v) is 2.39. The van der Waals surface area contributed by atoms with Crippen LogP contribution in [0, 0.1) is 11.8 Å². The Hall–Kier alpha value is -1.52. The number of rotatable bonds is 1. The van der Waals surface area contributed by atoms with Crippen molar-refractivity contribution in [1.29, 1.82) is 0 Å². The molecule has 2 fully saturated rings. The Bertz CT molecular complexity index is 450. The lowest BCUT2D eigenvalue weighted by atomic mass is 9.60. The van der Waals surface area contributed by atoms with E-state index in [0.29, 0.717) is 6.07 Å². The largest absolute Gasteiger partial charge is 0.478 e. The topological polar surface area (TPSA) is 37.3 Å². The van der Waals surface area contributed by atoms with Crippen molar-refractivity contribution in [2.75, 3.05) is 0 Å². The van der Waals surface area contributed by atoms with Gasteiger partial charge in [0.15, 0.2) is 0 Å².